The van der Waals surface area contributed by atoms with E-state index in [0.717, 1.165) is 5.75 Å². The zero-order chi connectivity index (χ0) is 14.2. The number of hydrogen-bond donors (Lipinski definition) is 2. The summed E-state index contributed by atoms with van der Waals surface area (Å²) >= 11 is 1.50. The van der Waals surface area contributed by atoms with Crippen LogP contribution in [0.15, 0.2) is 16.1 Å². The number of amides is 1. The lowest BCUT2D eigenvalue weighted by atomic mass is 9.98. The predicted molar refractivity (Wildman–Crippen MR) is 72.4 cm³/mol. The van der Waals surface area contributed by atoms with Crippen molar-refractivity contribution in [2.45, 2.75) is 44.1 Å². The average Bonchev–Trinajstić information content (AvgIpc) is 2.77. The van der Waals surface area contributed by atoms with E-state index < -0.39 is 17.6 Å². The molecule has 0 saturated heterocycles. The Bertz CT molecular complexity index is 566. The lowest BCUT2D eigenvalue weighted by molar-refractivity contribution is 0.0707. The van der Waals surface area contributed by atoms with Gasteiger partial charge in [0.2, 0.25) is 0 Å². The van der Waals surface area contributed by atoms with Gasteiger partial charge in [-0.1, -0.05) is 11.8 Å². The Morgan fingerprint density at radius 2 is 2.32 bits per heavy atom. The highest BCUT2D eigenvalue weighted by molar-refractivity contribution is 7.99. The van der Waals surface area contributed by atoms with Gasteiger partial charge >= 0.3 is 0 Å². The number of thioether (sulfide) groups is 1. The number of rotatable bonds is 3. The number of aromatic nitrogens is 2. The first kappa shape index (κ1) is 14.1. The molecule has 1 amide bonds. The van der Waals surface area contributed by atoms with Crippen LogP contribution >= 0.6 is 11.8 Å². The average molecular weight is 283 g/mol. The van der Waals surface area contributed by atoms with Crippen molar-refractivity contribution in [2.24, 2.45) is 0 Å². The number of carbonyl (C=O) groups is 1. The molecule has 2 heterocycles. The van der Waals surface area contributed by atoms with Gasteiger partial charge in [0, 0.05) is 18.5 Å². The summed E-state index contributed by atoms with van der Waals surface area (Å²) in [6.07, 6.45) is 0.581. The van der Waals surface area contributed by atoms with Crippen molar-refractivity contribution in [3.8, 4) is 0 Å². The molecule has 1 atom stereocenters. The number of nitrogens with one attached hydrogen (secondary N) is 1. The second kappa shape index (κ2) is 4.97. The summed E-state index contributed by atoms with van der Waals surface area (Å²) in [5.74, 6) is 0.294. The van der Waals surface area contributed by atoms with E-state index >= 15 is 0 Å². The molecular formula is C12H17N3O3S. The fourth-order valence-corrected chi connectivity index (χ4v) is 2.55. The Morgan fingerprint density at radius 3 is 2.95 bits per heavy atom. The number of hydrogen-bond acceptors (Lipinski definition) is 5. The highest BCUT2D eigenvalue weighted by Gasteiger charge is 2.28. The summed E-state index contributed by atoms with van der Waals surface area (Å²) < 4.78 is 1.51. The normalized spacial score (nSPS) is 16.0. The molecule has 2 rings (SSSR count). The van der Waals surface area contributed by atoms with Crippen molar-refractivity contribution >= 4 is 17.7 Å². The van der Waals surface area contributed by atoms with E-state index in [0.29, 0.717) is 11.7 Å². The maximum Gasteiger partial charge on any atom is 0.267 e. The smallest absolute Gasteiger partial charge is 0.267 e. The van der Waals surface area contributed by atoms with E-state index in [-0.39, 0.29) is 11.1 Å². The highest BCUT2D eigenvalue weighted by Crippen LogP contribution is 2.20. The van der Waals surface area contributed by atoms with E-state index in [1.807, 2.05) is 0 Å². The van der Waals surface area contributed by atoms with Crippen molar-refractivity contribution in [3.05, 3.63) is 22.1 Å². The van der Waals surface area contributed by atoms with Crippen molar-refractivity contribution in [1.82, 2.24) is 14.9 Å². The van der Waals surface area contributed by atoms with Crippen molar-refractivity contribution in [3.63, 3.8) is 0 Å². The Labute approximate surface area is 115 Å². The zero-order valence-electron chi connectivity index (χ0n) is 11.1. The summed E-state index contributed by atoms with van der Waals surface area (Å²) in [6.45, 7) is 5.56. The molecule has 0 aliphatic carbocycles. The third kappa shape index (κ3) is 2.66. The molecule has 7 heteroatoms. The quantitative estimate of drug-likeness (QED) is 0.776. The molecule has 6 nitrogen and oxygen atoms in total. The molecule has 0 bridgehead atoms. The van der Waals surface area contributed by atoms with E-state index in [9.17, 15) is 14.7 Å². The molecule has 2 N–H and O–H groups in total. The van der Waals surface area contributed by atoms with Crippen LogP contribution in [0.5, 0.6) is 0 Å². The second-order valence-electron chi connectivity index (χ2n) is 5.11. The minimum Gasteiger partial charge on any atom is -0.391 e. The van der Waals surface area contributed by atoms with E-state index in [1.165, 1.54) is 22.5 Å². The van der Waals surface area contributed by atoms with Gasteiger partial charge in [0.15, 0.2) is 5.16 Å². The topological polar surface area (TPSA) is 84.2 Å². The van der Waals surface area contributed by atoms with Crippen LogP contribution in [0.3, 0.4) is 0 Å². The van der Waals surface area contributed by atoms with Gasteiger partial charge in [0.05, 0.1) is 11.6 Å². The zero-order valence-corrected chi connectivity index (χ0v) is 12.0. The molecule has 0 spiro atoms. The maximum absolute atomic E-state index is 12.1. The van der Waals surface area contributed by atoms with Gasteiger partial charge in [-0.2, -0.15) is 0 Å². The van der Waals surface area contributed by atoms with Gasteiger partial charge in [-0.05, 0) is 20.8 Å². The minimum absolute atomic E-state index is 0.0139. The summed E-state index contributed by atoms with van der Waals surface area (Å²) in [4.78, 5) is 28.4. The first-order chi connectivity index (χ1) is 8.83. The van der Waals surface area contributed by atoms with Crippen LogP contribution in [0.25, 0.3) is 0 Å². The third-order valence-corrected chi connectivity index (χ3v) is 4.25. The molecule has 0 aromatic carbocycles. The molecule has 19 heavy (non-hydrogen) atoms. The second-order valence-corrected chi connectivity index (χ2v) is 6.17. The molecular weight excluding hydrogens is 266 g/mol. The SMILES string of the molecule is CC(O)C(C)(C)NC(=O)c1cnc2n(c1=O)CCS2. The fraction of sp³-hybridized carbons (Fsp3) is 0.583. The molecule has 0 radical (unpaired) electrons. The van der Waals surface area contributed by atoms with Crippen molar-refractivity contribution in [1.29, 1.82) is 0 Å². The first-order valence-electron chi connectivity index (χ1n) is 6.06. The Hall–Kier alpha value is -1.34. The summed E-state index contributed by atoms with van der Waals surface area (Å²) in [6, 6.07) is 0. The minimum atomic E-state index is -0.804. The monoisotopic (exact) mass is 283 g/mol. The Morgan fingerprint density at radius 1 is 1.63 bits per heavy atom. The van der Waals surface area contributed by atoms with Crippen LogP contribution in [-0.4, -0.2) is 38.0 Å². The van der Waals surface area contributed by atoms with Gasteiger partial charge in [0.25, 0.3) is 11.5 Å². The van der Waals surface area contributed by atoms with Crippen LogP contribution < -0.4 is 10.9 Å². The standard InChI is InChI=1S/C12H17N3O3S/c1-7(16)12(2,3)14-9(17)8-6-13-11-15(10(8)18)4-5-19-11/h6-7,16H,4-5H2,1-3H3,(H,14,17). The van der Waals surface area contributed by atoms with Gasteiger partial charge in [-0.15, -0.1) is 0 Å². The fourth-order valence-electron chi connectivity index (χ4n) is 1.64. The summed E-state index contributed by atoms with van der Waals surface area (Å²) in [5, 5.41) is 12.9. The molecule has 1 unspecified atom stereocenters. The molecule has 1 aliphatic heterocycles. The van der Waals surface area contributed by atoms with Crippen LogP contribution in [0.1, 0.15) is 31.1 Å². The number of carbonyl (C=O) groups excluding carboxylic acids is 1. The van der Waals surface area contributed by atoms with Crippen LogP contribution in [0, 0.1) is 0 Å². The van der Waals surface area contributed by atoms with E-state index in [4.69, 9.17) is 0 Å². The van der Waals surface area contributed by atoms with Crippen LogP contribution in [0.2, 0.25) is 0 Å². The molecule has 1 aromatic rings. The summed E-state index contributed by atoms with van der Waals surface area (Å²) in [7, 11) is 0. The Balaban J connectivity index is 2.29. The molecule has 0 saturated carbocycles. The molecule has 104 valence electrons. The van der Waals surface area contributed by atoms with Crippen molar-refractivity contribution in [2.75, 3.05) is 5.75 Å². The number of nitrogens with zero attached hydrogens (tertiary/aromatic N) is 2. The lowest BCUT2D eigenvalue weighted by Crippen LogP contribution is -2.52. The molecule has 1 aliphatic rings. The van der Waals surface area contributed by atoms with Crippen LogP contribution in [-0.2, 0) is 6.54 Å². The van der Waals surface area contributed by atoms with E-state index in [1.54, 1.807) is 20.8 Å². The molecule has 0 fully saturated rings. The van der Waals surface area contributed by atoms with Gasteiger partial charge in [-0.25, -0.2) is 4.98 Å². The molecule has 1 aromatic heterocycles. The van der Waals surface area contributed by atoms with E-state index in [2.05, 4.69) is 10.3 Å². The number of fused-ring (bicyclic) bond motifs is 1. The Kier molecular flexibility index (Phi) is 3.69. The largest absolute Gasteiger partial charge is 0.391 e. The van der Waals surface area contributed by atoms with Gasteiger partial charge in [0.1, 0.15) is 5.56 Å². The lowest BCUT2D eigenvalue weighted by Gasteiger charge is -2.29. The maximum atomic E-state index is 12.1. The first-order valence-corrected chi connectivity index (χ1v) is 7.04. The van der Waals surface area contributed by atoms with Crippen molar-refractivity contribution < 1.29 is 9.90 Å². The highest BCUT2D eigenvalue weighted by atomic mass is 32.2. The summed E-state index contributed by atoms with van der Waals surface area (Å²) in [5.41, 5.74) is -1.11. The predicted octanol–water partition coefficient (Wildman–Crippen LogP) is 0.238. The number of aliphatic hydroxyl groups is 1. The number of aliphatic hydroxyl groups excluding tert-OH is 1. The van der Waals surface area contributed by atoms with Gasteiger partial charge < -0.3 is 10.4 Å². The van der Waals surface area contributed by atoms with Crippen LogP contribution in [0.4, 0.5) is 0 Å². The third-order valence-electron chi connectivity index (χ3n) is 3.28. The van der Waals surface area contributed by atoms with Gasteiger partial charge in [-0.3, -0.25) is 14.2 Å².